The molecule has 1 saturated heterocycles. The van der Waals surface area contributed by atoms with Crippen LogP contribution in [-0.4, -0.2) is 37.3 Å². The maximum Gasteiger partial charge on any atom is 0.390 e. The molecule has 1 aliphatic rings. The second-order valence-corrected chi connectivity index (χ2v) is 5.54. The lowest BCUT2D eigenvalue weighted by Crippen LogP contribution is -2.46. The minimum Gasteiger partial charge on any atom is -0.314 e. The predicted molar refractivity (Wildman–Crippen MR) is 88.5 cm³/mol. The van der Waals surface area contributed by atoms with E-state index in [0.29, 0.717) is 36.8 Å². The molecule has 1 N–H and O–H groups in total. The highest BCUT2D eigenvalue weighted by atomic mass is 35.5. The third-order valence-corrected chi connectivity index (χ3v) is 4.01. The van der Waals surface area contributed by atoms with Gasteiger partial charge in [0, 0.05) is 37.2 Å². The van der Waals surface area contributed by atoms with Crippen molar-refractivity contribution in [2.45, 2.75) is 25.6 Å². The first-order valence-corrected chi connectivity index (χ1v) is 7.02. The molecule has 0 saturated carbocycles. The Morgan fingerprint density at radius 1 is 1.23 bits per heavy atom. The van der Waals surface area contributed by atoms with E-state index in [1.54, 1.807) is 18.2 Å². The number of benzene rings is 1. The molecule has 2 nitrogen and oxygen atoms in total. The van der Waals surface area contributed by atoms with Crippen molar-refractivity contribution in [3.63, 3.8) is 0 Å². The zero-order valence-electron chi connectivity index (χ0n) is 12.1. The molecule has 1 fully saturated rings. The average molecular weight is 380 g/mol. The summed E-state index contributed by atoms with van der Waals surface area (Å²) in [6, 6.07) is 4.54. The number of halogens is 6. The molecule has 128 valence electrons. The molecule has 22 heavy (non-hydrogen) atoms. The maximum atomic E-state index is 12.9. The van der Waals surface area contributed by atoms with Gasteiger partial charge in [0.25, 0.3) is 0 Å². The van der Waals surface area contributed by atoms with E-state index in [9.17, 15) is 13.2 Å². The Balaban J connectivity index is 0.00000220. The molecule has 1 atom stereocenters. The van der Waals surface area contributed by atoms with Gasteiger partial charge in [-0.15, -0.1) is 24.8 Å². The Morgan fingerprint density at radius 3 is 2.32 bits per heavy atom. The van der Waals surface area contributed by atoms with Crippen molar-refractivity contribution in [2.24, 2.45) is 0 Å². The van der Waals surface area contributed by atoms with Gasteiger partial charge >= 0.3 is 6.18 Å². The first-order valence-electron chi connectivity index (χ1n) is 6.64. The largest absolute Gasteiger partial charge is 0.390 e. The molecule has 0 radical (unpaired) electrons. The molecule has 1 aromatic carbocycles. The molecule has 0 unspecified atom stereocenters. The zero-order valence-corrected chi connectivity index (χ0v) is 14.5. The van der Waals surface area contributed by atoms with E-state index in [1.165, 1.54) is 0 Å². The van der Waals surface area contributed by atoms with Crippen LogP contribution < -0.4 is 5.32 Å². The number of rotatable bonds is 3. The van der Waals surface area contributed by atoms with Crippen LogP contribution >= 0.6 is 36.4 Å². The Hall–Kier alpha value is -0.200. The fourth-order valence-corrected chi connectivity index (χ4v) is 2.68. The smallest absolute Gasteiger partial charge is 0.314 e. The fraction of sp³-hybridized carbons (Fsp3) is 0.571. The summed E-state index contributed by atoms with van der Waals surface area (Å²) in [7, 11) is 0. The van der Waals surface area contributed by atoms with Crippen LogP contribution in [0.25, 0.3) is 0 Å². The van der Waals surface area contributed by atoms with E-state index < -0.39 is 18.6 Å². The second-order valence-electron chi connectivity index (χ2n) is 5.13. The first-order chi connectivity index (χ1) is 9.37. The minimum absolute atomic E-state index is 0. The minimum atomic E-state index is -4.19. The first kappa shape index (κ1) is 21.8. The van der Waals surface area contributed by atoms with Crippen LogP contribution in [-0.2, 0) is 0 Å². The van der Waals surface area contributed by atoms with Gasteiger partial charge in [0.15, 0.2) is 0 Å². The van der Waals surface area contributed by atoms with Crippen molar-refractivity contribution in [3.05, 3.63) is 34.3 Å². The summed E-state index contributed by atoms with van der Waals surface area (Å²) < 4.78 is 38.6. The van der Waals surface area contributed by atoms with E-state index in [2.05, 4.69) is 5.32 Å². The van der Waals surface area contributed by atoms with Crippen LogP contribution in [0.15, 0.2) is 18.2 Å². The molecule has 1 heterocycles. The molecule has 0 aliphatic carbocycles. The summed E-state index contributed by atoms with van der Waals surface area (Å²) in [5.41, 5.74) is 1.52. The lowest BCUT2D eigenvalue weighted by atomic mass is 9.99. The van der Waals surface area contributed by atoms with Crippen LogP contribution in [0, 0.1) is 6.92 Å². The van der Waals surface area contributed by atoms with Crippen molar-refractivity contribution >= 4 is 36.4 Å². The van der Waals surface area contributed by atoms with Crippen molar-refractivity contribution in [1.29, 1.82) is 0 Å². The molecule has 8 heteroatoms. The molecular formula is C14H20Cl3F3N2. The van der Waals surface area contributed by atoms with Gasteiger partial charge in [-0.2, -0.15) is 13.2 Å². The average Bonchev–Trinajstić information content (AvgIpc) is 2.39. The van der Waals surface area contributed by atoms with Crippen LogP contribution in [0.4, 0.5) is 13.2 Å². The van der Waals surface area contributed by atoms with E-state index in [4.69, 9.17) is 11.6 Å². The molecule has 0 spiro atoms. The number of hydrogen-bond acceptors (Lipinski definition) is 2. The van der Waals surface area contributed by atoms with E-state index in [1.807, 2.05) is 11.8 Å². The normalized spacial score (nSPS) is 17.3. The highest BCUT2D eigenvalue weighted by Gasteiger charge is 2.36. The van der Waals surface area contributed by atoms with Gasteiger partial charge in [-0.25, -0.2) is 0 Å². The number of nitrogens with zero attached hydrogens (tertiary/aromatic N) is 1. The Bertz CT molecular complexity index is 463. The lowest BCUT2D eigenvalue weighted by Gasteiger charge is -2.35. The Morgan fingerprint density at radius 2 is 1.82 bits per heavy atom. The SMILES string of the molecule is Cc1ccc([C@H](CC(F)(F)F)N2CCNCC2)cc1Cl.Cl.Cl. The molecular weight excluding hydrogens is 360 g/mol. The summed E-state index contributed by atoms with van der Waals surface area (Å²) in [6.45, 7) is 4.51. The van der Waals surface area contributed by atoms with Crippen molar-refractivity contribution in [3.8, 4) is 0 Å². The number of aryl methyl sites for hydroxylation is 1. The quantitative estimate of drug-likeness (QED) is 0.838. The van der Waals surface area contributed by atoms with Crippen LogP contribution in [0.3, 0.4) is 0 Å². The van der Waals surface area contributed by atoms with E-state index in [-0.39, 0.29) is 24.8 Å². The van der Waals surface area contributed by atoms with Gasteiger partial charge in [0.1, 0.15) is 0 Å². The molecule has 1 aromatic rings. The number of alkyl halides is 3. The summed E-state index contributed by atoms with van der Waals surface area (Å²) >= 11 is 6.06. The fourth-order valence-electron chi connectivity index (χ4n) is 2.49. The van der Waals surface area contributed by atoms with Gasteiger partial charge in [-0.05, 0) is 24.1 Å². The third-order valence-electron chi connectivity index (χ3n) is 3.60. The highest BCUT2D eigenvalue weighted by Crippen LogP contribution is 2.35. The number of nitrogens with one attached hydrogen (secondary N) is 1. The van der Waals surface area contributed by atoms with Gasteiger partial charge in [0.05, 0.1) is 6.42 Å². The summed E-state index contributed by atoms with van der Waals surface area (Å²) in [5, 5.41) is 3.67. The summed E-state index contributed by atoms with van der Waals surface area (Å²) in [4.78, 5) is 1.88. The van der Waals surface area contributed by atoms with Crippen molar-refractivity contribution in [1.82, 2.24) is 10.2 Å². The van der Waals surface area contributed by atoms with Gasteiger partial charge in [0.2, 0.25) is 0 Å². The maximum absolute atomic E-state index is 12.9. The lowest BCUT2D eigenvalue weighted by molar-refractivity contribution is -0.148. The highest BCUT2D eigenvalue weighted by molar-refractivity contribution is 6.31. The van der Waals surface area contributed by atoms with Crippen molar-refractivity contribution in [2.75, 3.05) is 26.2 Å². The Kier molecular flexibility index (Phi) is 9.10. The van der Waals surface area contributed by atoms with Gasteiger partial charge in [-0.3, -0.25) is 4.90 Å². The molecule has 0 amide bonds. The zero-order chi connectivity index (χ0) is 14.8. The summed E-state index contributed by atoms with van der Waals surface area (Å²) in [6.07, 6.45) is -5.03. The van der Waals surface area contributed by atoms with Gasteiger partial charge in [-0.1, -0.05) is 23.7 Å². The number of hydrogen-bond donors (Lipinski definition) is 1. The second kappa shape index (κ2) is 9.18. The van der Waals surface area contributed by atoms with Crippen molar-refractivity contribution < 1.29 is 13.2 Å². The monoisotopic (exact) mass is 378 g/mol. The van der Waals surface area contributed by atoms with Crippen LogP contribution in [0.2, 0.25) is 5.02 Å². The number of piperazine rings is 1. The third kappa shape index (κ3) is 6.13. The summed E-state index contributed by atoms with van der Waals surface area (Å²) in [5.74, 6) is 0. The topological polar surface area (TPSA) is 15.3 Å². The predicted octanol–water partition coefficient (Wildman–Crippen LogP) is 4.39. The van der Waals surface area contributed by atoms with E-state index in [0.717, 1.165) is 5.56 Å². The molecule has 1 aliphatic heterocycles. The standard InChI is InChI=1S/C14H18ClF3N2.2ClH/c1-10-2-3-11(8-12(10)15)13(9-14(16,17)18)20-6-4-19-5-7-20;;/h2-3,8,13,19H,4-7,9H2,1H3;2*1H/t13-;;/m0../s1. The van der Waals surface area contributed by atoms with Crippen LogP contribution in [0.1, 0.15) is 23.6 Å². The van der Waals surface area contributed by atoms with E-state index >= 15 is 0 Å². The molecule has 0 aromatic heterocycles. The van der Waals surface area contributed by atoms with Crippen LogP contribution in [0.5, 0.6) is 0 Å². The molecule has 0 bridgehead atoms. The molecule has 2 rings (SSSR count). The Labute approximate surface area is 146 Å². The van der Waals surface area contributed by atoms with Gasteiger partial charge < -0.3 is 5.32 Å².